The Hall–Kier alpha value is -1.05. The lowest BCUT2D eigenvalue weighted by atomic mass is 10.2. The van der Waals surface area contributed by atoms with Gasteiger partial charge in [-0.2, -0.15) is 4.98 Å². The first-order chi connectivity index (χ1) is 10.4. The largest absolute Gasteiger partial charge is 0.370 e. The van der Waals surface area contributed by atoms with Crippen molar-refractivity contribution in [3.63, 3.8) is 0 Å². The Kier molecular flexibility index (Phi) is 7.92. The number of ether oxygens (including phenoxy) is 1. The van der Waals surface area contributed by atoms with Gasteiger partial charge in [-0.25, -0.2) is 4.98 Å². The SMILES string of the molecule is CC(C)(C)OCc1cc(N2CCCC2)nc(N)n1.CNSC. The van der Waals surface area contributed by atoms with E-state index in [9.17, 15) is 0 Å². The third kappa shape index (κ3) is 7.29. The second-order valence-electron chi connectivity index (χ2n) is 6.08. The quantitative estimate of drug-likeness (QED) is 0.823. The lowest BCUT2D eigenvalue weighted by Gasteiger charge is -2.21. The minimum Gasteiger partial charge on any atom is -0.370 e. The maximum atomic E-state index is 5.76. The van der Waals surface area contributed by atoms with Crippen molar-refractivity contribution >= 4 is 23.7 Å². The average molecular weight is 327 g/mol. The standard InChI is InChI=1S/C13H22N4O.C2H7NS/c1-13(2,3)18-9-10-8-11(16-12(14)15-10)17-6-4-5-7-17;1-3-4-2/h8H,4-7,9H2,1-3H3,(H2,14,15,16);3H,1-2H3. The first-order valence-electron chi connectivity index (χ1n) is 7.58. The molecule has 3 N–H and O–H groups in total. The fourth-order valence-electron chi connectivity index (χ4n) is 1.98. The molecule has 2 rings (SSSR count). The van der Waals surface area contributed by atoms with Crippen molar-refractivity contribution in [3.8, 4) is 0 Å². The summed E-state index contributed by atoms with van der Waals surface area (Å²) < 4.78 is 8.57. The van der Waals surface area contributed by atoms with E-state index in [0.29, 0.717) is 12.6 Å². The Morgan fingerprint density at radius 1 is 1.32 bits per heavy atom. The number of nitrogens with one attached hydrogen (secondary N) is 1. The lowest BCUT2D eigenvalue weighted by Crippen LogP contribution is -2.22. The Balaban J connectivity index is 0.000000541. The first-order valence-corrected chi connectivity index (χ1v) is 8.80. The predicted octanol–water partition coefficient (Wildman–Crippen LogP) is 2.46. The molecule has 2 heterocycles. The van der Waals surface area contributed by atoms with Crippen molar-refractivity contribution < 1.29 is 4.74 Å². The molecule has 6 nitrogen and oxygen atoms in total. The highest BCUT2D eigenvalue weighted by Gasteiger charge is 2.16. The van der Waals surface area contributed by atoms with Crippen LogP contribution < -0.4 is 15.4 Å². The van der Waals surface area contributed by atoms with Gasteiger partial charge in [0.25, 0.3) is 0 Å². The Bertz CT molecular complexity index is 442. The summed E-state index contributed by atoms with van der Waals surface area (Å²) in [6, 6.07) is 1.98. The van der Waals surface area contributed by atoms with Gasteiger partial charge < -0.3 is 15.4 Å². The van der Waals surface area contributed by atoms with Crippen LogP contribution in [0.4, 0.5) is 11.8 Å². The minimum absolute atomic E-state index is 0.173. The van der Waals surface area contributed by atoms with Crippen LogP contribution >= 0.6 is 11.9 Å². The number of nitrogens with zero attached hydrogens (tertiary/aromatic N) is 3. The molecule has 0 bridgehead atoms. The molecule has 1 aliphatic heterocycles. The molecule has 1 fully saturated rings. The molecule has 0 spiro atoms. The number of nitrogens with two attached hydrogens (primary N) is 1. The summed E-state index contributed by atoms with van der Waals surface area (Å²) in [5.74, 6) is 1.25. The Labute approximate surface area is 138 Å². The van der Waals surface area contributed by atoms with Crippen molar-refractivity contribution in [1.29, 1.82) is 0 Å². The molecule has 0 aromatic carbocycles. The van der Waals surface area contributed by atoms with Crippen molar-refractivity contribution in [2.75, 3.05) is 37.0 Å². The summed E-state index contributed by atoms with van der Waals surface area (Å²) in [6.45, 7) is 8.65. The second-order valence-corrected chi connectivity index (χ2v) is 6.90. The summed E-state index contributed by atoms with van der Waals surface area (Å²) in [4.78, 5) is 10.8. The van der Waals surface area contributed by atoms with Gasteiger partial charge in [-0.1, -0.05) is 11.9 Å². The van der Waals surface area contributed by atoms with Crippen LogP contribution in [0, 0.1) is 0 Å². The maximum Gasteiger partial charge on any atom is 0.222 e. The fraction of sp³-hybridized carbons (Fsp3) is 0.733. The zero-order valence-electron chi connectivity index (χ0n) is 14.3. The highest BCUT2D eigenvalue weighted by Crippen LogP contribution is 2.20. The molecular formula is C15H29N5OS. The highest BCUT2D eigenvalue weighted by atomic mass is 32.2. The Morgan fingerprint density at radius 2 is 1.91 bits per heavy atom. The monoisotopic (exact) mass is 327 g/mol. The molecule has 22 heavy (non-hydrogen) atoms. The van der Waals surface area contributed by atoms with Crippen LogP contribution in [-0.2, 0) is 11.3 Å². The van der Waals surface area contributed by atoms with Gasteiger partial charge in [-0.05, 0) is 46.9 Å². The molecule has 1 saturated heterocycles. The molecule has 0 unspecified atom stereocenters. The first kappa shape index (κ1) is 19.0. The van der Waals surface area contributed by atoms with E-state index in [1.54, 1.807) is 11.9 Å². The van der Waals surface area contributed by atoms with E-state index in [0.717, 1.165) is 24.6 Å². The van der Waals surface area contributed by atoms with Gasteiger partial charge in [0, 0.05) is 19.2 Å². The number of aromatic nitrogens is 2. The number of nitrogen functional groups attached to an aromatic ring is 1. The third-order valence-corrected chi connectivity index (χ3v) is 3.48. The maximum absolute atomic E-state index is 5.76. The molecule has 1 aromatic heterocycles. The van der Waals surface area contributed by atoms with E-state index >= 15 is 0 Å². The second kappa shape index (κ2) is 9.17. The van der Waals surface area contributed by atoms with Crippen molar-refractivity contribution in [2.45, 2.75) is 45.8 Å². The van der Waals surface area contributed by atoms with Gasteiger partial charge in [0.15, 0.2) is 0 Å². The average Bonchev–Trinajstić information content (AvgIpc) is 2.98. The zero-order chi connectivity index (χ0) is 16.6. The molecule has 0 aliphatic carbocycles. The van der Waals surface area contributed by atoms with Gasteiger partial charge in [0.1, 0.15) is 5.82 Å². The van der Waals surface area contributed by atoms with Gasteiger partial charge >= 0.3 is 0 Å². The molecule has 0 saturated carbocycles. The van der Waals surface area contributed by atoms with Crippen LogP contribution in [0.1, 0.15) is 39.3 Å². The van der Waals surface area contributed by atoms with E-state index in [1.807, 2.05) is 40.1 Å². The number of hydrogen-bond donors (Lipinski definition) is 2. The molecule has 0 amide bonds. The molecule has 0 radical (unpaired) electrons. The lowest BCUT2D eigenvalue weighted by molar-refractivity contribution is -0.0164. The highest BCUT2D eigenvalue weighted by molar-refractivity contribution is 7.96. The van der Waals surface area contributed by atoms with Crippen LogP contribution in [0.15, 0.2) is 6.07 Å². The van der Waals surface area contributed by atoms with Crippen LogP contribution in [0.5, 0.6) is 0 Å². The zero-order valence-corrected chi connectivity index (χ0v) is 15.2. The Morgan fingerprint density at radius 3 is 2.41 bits per heavy atom. The van der Waals surface area contributed by atoms with Crippen molar-refractivity contribution in [1.82, 2.24) is 14.7 Å². The predicted molar refractivity (Wildman–Crippen MR) is 95.0 cm³/mol. The summed E-state index contributed by atoms with van der Waals surface area (Å²) >= 11 is 1.61. The van der Waals surface area contributed by atoms with Gasteiger partial charge in [-0.3, -0.25) is 4.72 Å². The summed E-state index contributed by atoms with van der Waals surface area (Å²) in [5, 5.41) is 0. The molecular weight excluding hydrogens is 298 g/mol. The van der Waals surface area contributed by atoms with Crippen molar-refractivity contribution in [3.05, 3.63) is 11.8 Å². The molecule has 1 aromatic rings. The summed E-state index contributed by atoms with van der Waals surface area (Å²) in [7, 11) is 1.89. The smallest absolute Gasteiger partial charge is 0.222 e. The van der Waals surface area contributed by atoms with E-state index < -0.39 is 0 Å². The topological polar surface area (TPSA) is 76.3 Å². The van der Waals surface area contributed by atoms with Crippen LogP contribution in [0.2, 0.25) is 0 Å². The van der Waals surface area contributed by atoms with E-state index in [4.69, 9.17) is 10.5 Å². The van der Waals surface area contributed by atoms with E-state index in [-0.39, 0.29) is 5.60 Å². The van der Waals surface area contributed by atoms with Crippen LogP contribution in [0.3, 0.4) is 0 Å². The van der Waals surface area contributed by atoms with Crippen LogP contribution in [0.25, 0.3) is 0 Å². The van der Waals surface area contributed by atoms with Gasteiger partial charge in [-0.15, -0.1) is 0 Å². The number of anilines is 2. The molecule has 1 aliphatic rings. The van der Waals surface area contributed by atoms with Gasteiger partial charge in [0.2, 0.25) is 5.95 Å². The molecule has 7 heteroatoms. The van der Waals surface area contributed by atoms with E-state index in [2.05, 4.69) is 19.6 Å². The third-order valence-electron chi connectivity index (χ3n) is 3.07. The molecule has 0 atom stereocenters. The number of rotatable bonds is 4. The molecule has 126 valence electrons. The van der Waals surface area contributed by atoms with Crippen LogP contribution in [-0.4, -0.2) is 42.0 Å². The summed E-state index contributed by atoms with van der Waals surface area (Å²) in [5.41, 5.74) is 6.44. The summed E-state index contributed by atoms with van der Waals surface area (Å²) in [6.07, 6.45) is 4.43. The normalized spacial score (nSPS) is 14.7. The minimum atomic E-state index is -0.173. The van der Waals surface area contributed by atoms with E-state index in [1.165, 1.54) is 12.8 Å². The van der Waals surface area contributed by atoms with Gasteiger partial charge in [0.05, 0.1) is 17.9 Å². The van der Waals surface area contributed by atoms with Crippen molar-refractivity contribution in [2.24, 2.45) is 0 Å². The fourth-order valence-corrected chi connectivity index (χ4v) is 1.98. The number of hydrogen-bond acceptors (Lipinski definition) is 7.